The normalized spacial score (nSPS) is 24.6. The summed E-state index contributed by atoms with van der Waals surface area (Å²) in [7, 11) is 1.57. The third kappa shape index (κ3) is 4.00. The lowest BCUT2D eigenvalue weighted by Gasteiger charge is -2.29. The van der Waals surface area contributed by atoms with Gasteiger partial charge in [-0.05, 0) is 18.6 Å². The molecular formula is C20H26N4O5. The van der Waals surface area contributed by atoms with Gasteiger partial charge in [0.15, 0.2) is 0 Å². The van der Waals surface area contributed by atoms with Gasteiger partial charge in [-0.2, -0.15) is 0 Å². The number of amides is 4. The average molecular weight is 402 g/mol. The fourth-order valence-corrected chi connectivity index (χ4v) is 4.10. The Morgan fingerprint density at radius 3 is 2.66 bits per heavy atom. The van der Waals surface area contributed by atoms with Crippen LogP contribution in [0.25, 0.3) is 0 Å². The summed E-state index contributed by atoms with van der Waals surface area (Å²) in [5, 5.41) is 2.77. The lowest BCUT2D eigenvalue weighted by Crippen LogP contribution is -2.46. The number of rotatable bonds is 4. The van der Waals surface area contributed by atoms with Gasteiger partial charge in [-0.1, -0.05) is 6.07 Å². The van der Waals surface area contributed by atoms with Crippen LogP contribution in [0.4, 0.5) is 10.5 Å². The quantitative estimate of drug-likeness (QED) is 0.782. The van der Waals surface area contributed by atoms with Gasteiger partial charge >= 0.3 is 6.03 Å². The fraction of sp³-hybridized carbons (Fsp3) is 0.550. The number of likely N-dealkylation sites (tertiary alicyclic amines) is 1. The molecule has 4 amide bonds. The Labute approximate surface area is 169 Å². The zero-order chi connectivity index (χ0) is 20.4. The lowest BCUT2D eigenvalue weighted by molar-refractivity contribution is -0.139. The first-order chi connectivity index (χ1) is 14.1. The molecule has 3 aliphatic rings. The van der Waals surface area contributed by atoms with Crippen LogP contribution in [0.2, 0.25) is 0 Å². The number of carbonyl (C=O) groups is 3. The third-order valence-corrected chi connectivity index (χ3v) is 5.74. The van der Waals surface area contributed by atoms with Crippen molar-refractivity contribution in [3.63, 3.8) is 0 Å². The second-order valence-corrected chi connectivity index (χ2v) is 7.52. The number of hydrogen-bond acceptors (Lipinski definition) is 5. The van der Waals surface area contributed by atoms with Crippen molar-refractivity contribution in [1.29, 1.82) is 0 Å². The van der Waals surface area contributed by atoms with Gasteiger partial charge in [0, 0.05) is 37.9 Å². The number of morpholine rings is 1. The van der Waals surface area contributed by atoms with Crippen LogP contribution in [0.15, 0.2) is 24.3 Å². The molecule has 0 saturated carbocycles. The number of benzene rings is 1. The molecule has 3 saturated heterocycles. The molecule has 2 atom stereocenters. The number of urea groups is 1. The van der Waals surface area contributed by atoms with Gasteiger partial charge in [0.25, 0.3) is 0 Å². The Balaban J connectivity index is 1.36. The molecule has 3 fully saturated rings. The molecule has 9 nitrogen and oxygen atoms in total. The van der Waals surface area contributed by atoms with Crippen molar-refractivity contribution >= 4 is 23.5 Å². The van der Waals surface area contributed by atoms with E-state index in [9.17, 15) is 14.4 Å². The standard InChI is InChI=1S/C20H26N4O5/c1-28-16-4-2-3-15(11-16)24-13-17(21-20(24)27)19(26)23-6-5-14(12-23)18(25)22-7-9-29-10-8-22/h2-4,11,14,17H,5-10,12-13H2,1H3,(H,21,27). The number of carbonyl (C=O) groups excluding carboxylic acids is 3. The maximum atomic E-state index is 13.0. The van der Waals surface area contributed by atoms with Crippen LogP contribution in [0.5, 0.6) is 5.75 Å². The Morgan fingerprint density at radius 2 is 1.90 bits per heavy atom. The van der Waals surface area contributed by atoms with Gasteiger partial charge in [-0.15, -0.1) is 0 Å². The predicted octanol–water partition coefficient (Wildman–Crippen LogP) is 0.301. The van der Waals surface area contributed by atoms with Crippen LogP contribution >= 0.6 is 0 Å². The van der Waals surface area contributed by atoms with Crippen molar-refractivity contribution in [3.05, 3.63) is 24.3 Å². The monoisotopic (exact) mass is 402 g/mol. The molecule has 1 aromatic rings. The van der Waals surface area contributed by atoms with Gasteiger partial charge < -0.3 is 24.6 Å². The highest BCUT2D eigenvalue weighted by Gasteiger charge is 2.40. The summed E-state index contributed by atoms with van der Waals surface area (Å²) in [4.78, 5) is 43.1. The Hall–Kier alpha value is -2.81. The molecule has 156 valence electrons. The summed E-state index contributed by atoms with van der Waals surface area (Å²) in [5.74, 6) is 0.427. The summed E-state index contributed by atoms with van der Waals surface area (Å²) in [5.41, 5.74) is 0.680. The molecule has 1 aromatic carbocycles. The van der Waals surface area contributed by atoms with Crippen LogP contribution in [-0.2, 0) is 14.3 Å². The van der Waals surface area contributed by atoms with Gasteiger partial charge in [0.2, 0.25) is 11.8 Å². The largest absolute Gasteiger partial charge is 0.497 e. The second kappa shape index (κ2) is 8.28. The van der Waals surface area contributed by atoms with E-state index in [0.717, 1.165) is 0 Å². The molecule has 1 N–H and O–H groups in total. The summed E-state index contributed by atoms with van der Waals surface area (Å²) in [6.45, 7) is 3.54. The summed E-state index contributed by atoms with van der Waals surface area (Å²) in [6.07, 6.45) is 0.655. The van der Waals surface area contributed by atoms with Crippen molar-refractivity contribution in [2.24, 2.45) is 5.92 Å². The highest BCUT2D eigenvalue weighted by molar-refractivity contribution is 6.00. The molecule has 0 aromatic heterocycles. The number of nitrogens with zero attached hydrogens (tertiary/aromatic N) is 3. The van der Waals surface area contributed by atoms with E-state index in [1.807, 2.05) is 11.0 Å². The summed E-state index contributed by atoms with van der Waals surface area (Å²) in [6, 6.07) is 6.25. The smallest absolute Gasteiger partial charge is 0.322 e. The SMILES string of the molecule is COc1cccc(N2CC(C(=O)N3CCC(C(=O)N4CCOCC4)C3)NC2=O)c1. The zero-order valence-corrected chi connectivity index (χ0v) is 16.5. The van der Waals surface area contributed by atoms with Crippen LogP contribution in [-0.4, -0.2) is 86.7 Å². The van der Waals surface area contributed by atoms with E-state index in [2.05, 4.69) is 5.32 Å². The molecule has 0 bridgehead atoms. The molecular weight excluding hydrogens is 376 g/mol. The van der Waals surface area contributed by atoms with E-state index in [0.29, 0.717) is 57.3 Å². The van der Waals surface area contributed by atoms with E-state index < -0.39 is 6.04 Å². The zero-order valence-electron chi connectivity index (χ0n) is 16.5. The van der Waals surface area contributed by atoms with Crippen LogP contribution in [0.1, 0.15) is 6.42 Å². The van der Waals surface area contributed by atoms with Gasteiger partial charge in [0.1, 0.15) is 11.8 Å². The molecule has 29 heavy (non-hydrogen) atoms. The number of nitrogens with one attached hydrogen (secondary N) is 1. The molecule has 4 rings (SSSR count). The summed E-state index contributed by atoms with van der Waals surface area (Å²) >= 11 is 0. The highest BCUT2D eigenvalue weighted by Crippen LogP contribution is 2.25. The first-order valence-electron chi connectivity index (χ1n) is 9.94. The minimum atomic E-state index is -0.620. The minimum Gasteiger partial charge on any atom is -0.497 e. The molecule has 3 aliphatic heterocycles. The highest BCUT2D eigenvalue weighted by atomic mass is 16.5. The predicted molar refractivity (Wildman–Crippen MR) is 105 cm³/mol. The molecule has 9 heteroatoms. The Bertz CT molecular complexity index is 795. The molecule has 0 aliphatic carbocycles. The molecule has 0 radical (unpaired) electrons. The van der Waals surface area contributed by atoms with Crippen molar-refractivity contribution in [2.45, 2.75) is 12.5 Å². The number of methoxy groups -OCH3 is 1. The first-order valence-corrected chi connectivity index (χ1v) is 9.94. The number of ether oxygens (including phenoxy) is 2. The molecule has 2 unspecified atom stereocenters. The Morgan fingerprint density at radius 1 is 1.10 bits per heavy atom. The maximum absolute atomic E-state index is 13.0. The van der Waals surface area contributed by atoms with Crippen molar-refractivity contribution < 1.29 is 23.9 Å². The van der Waals surface area contributed by atoms with Crippen LogP contribution in [0.3, 0.4) is 0 Å². The molecule has 3 heterocycles. The van der Waals surface area contributed by atoms with Crippen molar-refractivity contribution in [3.8, 4) is 5.75 Å². The third-order valence-electron chi connectivity index (χ3n) is 5.74. The Kier molecular flexibility index (Phi) is 5.57. The van der Waals surface area contributed by atoms with Crippen molar-refractivity contribution in [2.75, 3.05) is 57.9 Å². The second-order valence-electron chi connectivity index (χ2n) is 7.52. The van der Waals surface area contributed by atoms with E-state index in [4.69, 9.17) is 9.47 Å². The molecule has 0 spiro atoms. The van der Waals surface area contributed by atoms with Gasteiger partial charge in [-0.3, -0.25) is 14.5 Å². The number of hydrogen-bond donors (Lipinski definition) is 1. The topological polar surface area (TPSA) is 91.4 Å². The first kappa shape index (κ1) is 19.5. The van der Waals surface area contributed by atoms with Gasteiger partial charge in [-0.25, -0.2) is 4.79 Å². The maximum Gasteiger partial charge on any atom is 0.322 e. The average Bonchev–Trinajstić information content (AvgIpc) is 3.40. The van der Waals surface area contributed by atoms with Crippen LogP contribution < -0.4 is 15.0 Å². The van der Waals surface area contributed by atoms with E-state index in [1.165, 1.54) is 4.90 Å². The number of anilines is 1. The fourth-order valence-electron chi connectivity index (χ4n) is 4.10. The van der Waals surface area contributed by atoms with Crippen molar-refractivity contribution in [1.82, 2.24) is 15.1 Å². The minimum absolute atomic E-state index is 0.0945. The lowest BCUT2D eigenvalue weighted by atomic mass is 10.1. The summed E-state index contributed by atoms with van der Waals surface area (Å²) < 4.78 is 10.5. The van der Waals surface area contributed by atoms with E-state index in [-0.39, 0.29) is 30.3 Å². The van der Waals surface area contributed by atoms with Gasteiger partial charge in [0.05, 0.1) is 32.8 Å². The van der Waals surface area contributed by atoms with Crippen LogP contribution in [0, 0.1) is 5.92 Å². The van der Waals surface area contributed by atoms with E-state index in [1.54, 1.807) is 30.2 Å². The van der Waals surface area contributed by atoms with E-state index >= 15 is 0 Å².